The van der Waals surface area contributed by atoms with Gasteiger partial charge in [-0.05, 0) is 18.1 Å². The summed E-state index contributed by atoms with van der Waals surface area (Å²) in [6.07, 6.45) is 2.11. The number of carboxylic acids is 1. The summed E-state index contributed by atoms with van der Waals surface area (Å²) < 4.78 is 0. The van der Waals surface area contributed by atoms with Gasteiger partial charge in [0.2, 0.25) is 0 Å². The van der Waals surface area contributed by atoms with Crippen molar-refractivity contribution in [3.05, 3.63) is 24.0 Å². The molecule has 0 aliphatic carbocycles. The van der Waals surface area contributed by atoms with Crippen molar-refractivity contribution in [1.29, 1.82) is 0 Å². The lowest BCUT2D eigenvalue weighted by molar-refractivity contribution is -0.140. The molecule has 6 heteroatoms. The zero-order chi connectivity index (χ0) is 12.8. The van der Waals surface area contributed by atoms with Crippen molar-refractivity contribution in [2.24, 2.45) is 5.92 Å². The highest BCUT2D eigenvalue weighted by Gasteiger charge is 2.26. The normalized spacial score (nSPS) is 13.8. The van der Waals surface area contributed by atoms with Gasteiger partial charge in [-0.3, -0.25) is 4.79 Å². The van der Waals surface area contributed by atoms with Crippen LogP contribution in [0, 0.1) is 5.92 Å². The van der Waals surface area contributed by atoms with Gasteiger partial charge in [0, 0.05) is 6.20 Å². The number of aromatic nitrogens is 2. The van der Waals surface area contributed by atoms with Crippen molar-refractivity contribution in [1.82, 2.24) is 15.5 Å². The summed E-state index contributed by atoms with van der Waals surface area (Å²) in [7, 11) is 0. The van der Waals surface area contributed by atoms with Crippen molar-refractivity contribution < 1.29 is 14.7 Å². The maximum absolute atomic E-state index is 11.7. The molecule has 0 bridgehead atoms. The van der Waals surface area contributed by atoms with Crippen LogP contribution in [-0.4, -0.2) is 33.2 Å². The van der Waals surface area contributed by atoms with Crippen LogP contribution in [-0.2, 0) is 4.79 Å². The van der Waals surface area contributed by atoms with Crippen molar-refractivity contribution in [3.63, 3.8) is 0 Å². The molecule has 1 aromatic heterocycles. The molecule has 6 nitrogen and oxygen atoms in total. The van der Waals surface area contributed by atoms with Crippen LogP contribution in [0.2, 0.25) is 0 Å². The Kier molecular flexibility index (Phi) is 4.56. The topological polar surface area (TPSA) is 92.2 Å². The first kappa shape index (κ1) is 13.1. The molecule has 0 aliphatic rings. The van der Waals surface area contributed by atoms with E-state index in [2.05, 4.69) is 15.5 Å². The standard InChI is InChI=1S/C11H15N3O3/c1-3-7(2)9(11(16)17)13-10(15)8-5-4-6-12-14-8/h4-7,9H,3H2,1-2H3,(H,13,15)(H,16,17)/t7-,9-/m0/s1. The van der Waals surface area contributed by atoms with E-state index in [-0.39, 0.29) is 11.6 Å². The van der Waals surface area contributed by atoms with Crippen LogP contribution >= 0.6 is 0 Å². The minimum Gasteiger partial charge on any atom is -0.480 e. The summed E-state index contributed by atoms with van der Waals surface area (Å²) in [5, 5.41) is 18.6. The predicted octanol–water partition coefficient (Wildman–Crippen LogP) is 0.706. The van der Waals surface area contributed by atoms with Crippen molar-refractivity contribution in [3.8, 4) is 0 Å². The molecule has 0 fully saturated rings. The molecule has 1 rings (SSSR count). The van der Waals surface area contributed by atoms with Crippen molar-refractivity contribution in [2.75, 3.05) is 0 Å². The smallest absolute Gasteiger partial charge is 0.326 e. The average Bonchev–Trinajstić information content (AvgIpc) is 2.35. The van der Waals surface area contributed by atoms with E-state index in [1.165, 1.54) is 12.3 Å². The molecule has 0 aromatic carbocycles. The molecule has 0 radical (unpaired) electrons. The lowest BCUT2D eigenvalue weighted by atomic mass is 9.99. The molecule has 0 saturated carbocycles. The number of carbonyl (C=O) groups excluding carboxylic acids is 1. The van der Waals surface area contributed by atoms with Gasteiger partial charge in [-0.2, -0.15) is 5.10 Å². The number of nitrogens with zero attached hydrogens (tertiary/aromatic N) is 2. The van der Waals surface area contributed by atoms with Crippen LogP contribution < -0.4 is 5.32 Å². The summed E-state index contributed by atoms with van der Waals surface area (Å²) in [4.78, 5) is 22.7. The average molecular weight is 237 g/mol. The largest absolute Gasteiger partial charge is 0.480 e. The fourth-order valence-electron chi connectivity index (χ4n) is 1.32. The first-order valence-electron chi connectivity index (χ1n) is 5.37. The second-order valence-electron chi connectivity index (χ2n) is 3.78. The van der Waals surface area contributed by atoms with Crippen LogP contribution in [0.15, 0.2) is 18.3 Å². The van der Waals surface area contributed by atoms with Crippen LogP contribution in [0.4, 0.5) is 0 Å². The van der Waals surface area contributed by atoms with Gasteiger partial charge in [-0.1, -0.05) is 20.3 Å². The SMILES string of the molecule is CC[C@H](C)[C@H](NC(=O)c1cccnn1)C(=O)O. The minimum absolute atomic E-state index is 0.113. The summed E-state index contributed by atoms with van der Waals surface area (Å²) in [6.45, 7) is 3.64. The predicted molar refractivity (Wildman–Crippen MR) is 60.4 cm³/mol. The highest BCUT2D eigenvalue weighted by Crippen LogP contribution is 2.08. The zero-order valence-electron chi connectivity index (χ0n) is 9.75. The Balaban J connectivity index is 2.75. The van der Waals surface area contributed by atoms with E-state index in [1.807, 2.05) is 6.92 Å². The fraction of sp³-hybridized carbons (Fsp3) is 0.455. The Morgan fingerprint density at radius 2 is 2.24 bits per heavy atom. The number of nitrogens with one attached hydrogen (secondary N) is 1. The van der Waals surface area contributed by atoms with Gasteiger partial charge >= 0.3 is 5.97 Å². The number of hydrogen-bond donors (Lipinski definition) is 2. The number of hydrogen-bond acceptors (Lipinski definition) is 4. The highest BCUT2D eigenvalue weighted by molar-refractivity contribution is 5.94. The molecule has 0 unspecified atom stereocenters. The molecule has 0 aliphatic heterocycles. The Labute approximate surface area is 99.1 Å². The van der Waals surface area contributed by atoms with E-state index in [1.54, 1.807) is 13.0 Å². The third kappa shape index (κ3) is 3.51. The van der Waals surface area contributed by atoms with Gasteiger partial charge in [0.25, 0.3) is 5.91 Å². The number of carboxylic acid groups (broad SMARTS) is 1. The summed E-state index contributed by atoms with van der Waals surface area (Å²) >= 11 is 0. The lowest BCUT2D eigenvalue weighted by Crippen LogP contribution is -2.45. The van der Waals surface area contributed by atoms with Gasteiger partial charge in [0.15, 0.2) is 5.69 Å². The van der Waals surface area contributed by atoms with E-state index >= 15 is 0 Å². The van der Waals surface area contributed by atoms with E-state index < -0.39 is 17.9 Å². The summed E-state index contributed by atoms with van der Waals surface area (Å²) in [6, 6.07) is 2.15. The van der Waals surface area contributed by atoms with Crippen LogP contribution in [0.25, 0.3) is 0 Å². The first-order chi connectivity index (χ1) is 8.06. The molecule has 1 aromatic rings. The third-order valence-corrected chi connectivity index (χ3v) is 2.57. The van der Waals surface area contributed by atoms with Gasteiger partial charge < -0.3 is 10.4 Å². The quantitative estimate of drug-likeness (QED) is 0.786. The third-order valence-electron chi connectivity index (χ3n) is 2.57. The molecule has 0 saturated heterocycles. The van der Waals surface area contributed by atoms with Crippen LogP contribution in [0.1, 0.15) is 30.8 Å². The molecule has 1 amide bonds. The van der Waals surface area contributed by atoms with Crippen molar-refractivity contribution >= 4 is 11.9 Å². The number of aliphatic carboxylic acids is 1. The number of rotatable bonds is 5. The molecular formula is C11H15N3O3. The summed E-state index contributed by atoms with van der Waals surface area (Å²) in [5.74, 6) is -1.71. The van der Waals surface area contributed by atoms with Crippen LogP contribution in [0.3, 0.4) is 0 Å². The lowest BCUT2D eigenvalue weighted by Gasteiger charge is -2.19. The molecule has 0 spiro atoms. The highest BCUT2D eigenvalue weighted by atomic mass is 16.4. The monoisotopic (exact) mass is 237 g/mol. The molecule has 2 N–H and O–H groups in total. The maximum Gasteiger partial charge on any atom is 0.326 e. The van der Waals surface area contributed by atoms with Gasteiger partial charge in [0.05, 0.1) is 0 Å². The summed E-state index contributed by atoms with van der Waals surface area (Å²) in [5.41, 5.74) is 0.113. The first-order valence-corrected chi connectivity index (χ1v) is 5.37. The number of amides is 1. The van der Waals surface area contributed by atoms with Gasteiger partial charge in [0.1, 0.15) is 6.04 Å². The zero-order valence-corrected chi connectivity index (χ0v) is 9.75. The molecule has 1 heterocycles. The molecule has 92 valence electrons. The Morgan fingerprint density at radius 3 is 2.71 bits per heavy atom. The minimum atomic E-state index is -1.04. The molecular weight excluding hydrogens is 222 g/mol. The van der Waals surface area contributed by atoms with Crippen molar-refractivity contribution in [2.45, 2.75) is 26.3 Å². The van der Waals surface area contributed by atoms with Crippen LogP contribution in [0.5, 0.6) is 0 Å². The maximum atomic E-state index is 11.7. The Bertz CT molecular complexity index is 394. The molecule has 2 atom stereocenters. The van der Waals surface area contributed by atoms with E-state index in [4.69, 9.17) is 5.11 Å². The molecule has 17 heavy (non-hydrogen) atoms. The second-order valence-corrected chi connectivity index (χ2v) is 3.78. The Morgan fingerprint density at radius 1 is 1.53 bits per heavy atom. The van der Waals surface area contributed by atoms with Gasteiger partial charge in [-0.15, -0.1) is 5.10 Å². The van der Waals surface area contributed by atoms with E-state index in [0.29, 0.717) is 6.42 Å². The van der Waals surface area contributed by atoms with Gasteiger partial charge in [-0.25, -0.2) is 4.79 Å². The fourth-order valence-corrected chi connectivity index (χ4v) is 1.32. The number of carbonyl (C=O) groups is 2. The van der Waals surface area contributed by atoms with E-state index in [9.17, 15) is 9.59 Å². The Hall–Kier alpha value is -1.98. The second kappa shape index (κ2) is 5.93. The van der Waals surface area contributed by atoms with E-state index in [0.717, 1.165) is 0 Å².